The van der Waals surface area contributed by atoms with Crippen LogP contribution in [0.25, 0.3) is 0 Å². The molecule has 0 unspecified atom stereocenters. The number of cyclic esters (lactones) is 1. The maximum atomic E-state index is 11.8. The quantitative estimate of drug-likeness (QED) is 0.475. The molecule has 1 atom stereocenters. The summed E-state index contributed by atoms with van der Waals surface area (Å²) in [5.74, 6) is 0.690. The Balaban J connectivity index is 1.90. The standard InChI is InChI=1S/C15H20N2O5/c1-11(16-19)7-8-21-13-5-3-12(4-6-13)17-9-14(10-20-2)22-15(17)18/h3-6,14,19H,7-10H2,1-2H3/b16-11-/t14-/m1/s1. The van der Waals surface area contributed by atoms with Gasteiger partial charge in [0.2, 0.25) is 0 Å². The first-order valence-electron chi connectivity index (χ1n) is 7.01. The molecule has 1 aliphatic heterocycles. The molecular formula is C15H20N2O5. The Morgan fingerprint density at radius 1 is 1.45 bits per heavy atom. The zero-order valence-corrected chi connectivity index (χ0v) is 12.7. The SMILES string of the molecule is COC[C@H]1CN(c2ccc(OCC/C(C)=N\O)cc2)C(=O)O1. The Labute approximate surface area is 129 Å². The van der Waals surface area contributed by atoms with E-state index in [0.717, 1.165) is 5.69 Å². The molecule has 1 aromatic rings. The van der Waals surface area contributed by atoms with E-state index in [0.29, 0.717) is 37.6 Å². The van der Waals surface area contributed by atoms with Gasteiger partial charge in [-0.15, -0.1) is 0 Å². The lowest BCUT2D eigenvalue weighted by atomic mass is 10.2. The van der Waals surface area contributed by atoms with Gasteiger partial charge in [0.15, 0.2) is 0 Å². The van der Waals surface area contributed by atoms with Crippen LogP contribution in [0.3, 0.4) is 0 Å². The van der Waals surface area contributed by atoms with Crippen molar-refractivity contribution in [2.75, 3.05) is 31.8 Å². The Morgan fingerprint density at radius 2 is 2.18 bits per heavy atom. The van der Waals surface area contributed by atoms with Crippen molar-refractivity contribution in [2.45, 2.75) is 19.4 Å². The average Bonchev–Trinajstić information content (AvgIpc) is 2.89. The van der Waals surface area contributed by atoms with Crippen LogP contribution in [0.2, 0.25) is 0 Å². The van der Waals surface area contributed by atoms with Gasteiger partial charge in [0.1, 0.15) is 11.9 Å². The molecule has 1 aromatic carbocycles. The highest BCUT2D eigenvalue weighted by Gasteiger charge is 2.32. The number of carbonyl (C=O) groups is 1. The van der Waals surface area contributed by atoms with Crippen molar-refractivity contribution in [3.05, 3.63) is 24.3 Å². The summed E-state index contributed by atoms with van der Waals surface area (Å²) in [6.07, 6.45) is -0.0604. The van der Waals surface area contributed by atoms with Crippen LogP contribution in [0.4, 0.5) is 10.5 Å². The largest absolute Gasteiger partial charge is 0.493 e. The number of benzene rings is 1. The fourth-order valence-electron chi connectivity index (χ4n) is 2.09. The number of oxime groups is 1. The fraction of sp³-hybridized carbons (Fsp3) is 0.467. The fourth-order valence-corrected chi connectivity index (χ4v) is 2.09. The normalized spacial score (nSPS) is 18.5. The second-order valence-electron chi connectivity index (χ2n) is 5.00. The van der Waals surface area contributed by atoms with E-state index in [4.69, 9.17) is 19.4 Å². The molecule has 0 spiro atoms. The van der Waals surface area contributed by atoms with Crippen molar-refractivity contribution >= 4 is 17.5 Å². The van der Waals surface area contributed by atoms with Gasteiger partial charge in [-0.25, -0.2) is 4.79 Å². The maximum Gasteiger partial charge on any atom is 0.414 e. The van der Waals surface area contributed by atoms with Crippen molar-refractivity contribution in [1.29, 1.82) is 0 Å². The Morgan fingerprint density at radius 3 is 2.82 bits per heavy atom. The van der Waals surface area contributed by atoms with E-state index in [1.54, 1.807) is 43.2 Å². The number of hydrogen-bond donors (Lipinski definition) is 1. The molecule has 1 fully saturated rings. The average molecular weight is 308 g/mol. The zero-order valence-electron chi connectivity index (χ0n) is 12.7. The van der Waals surface area contributed by atoms with Crippen molar-refractivity contribution in [2.24, 2.45) is 5.16 Å². The number of anilines is 1. The second kappa shape index (κ2) is 7.65. The summed E-state index contributed by atoms with van der Waals surface area (Å²) in [6.45, 7) is 3.01. The lowest BCUT2D eigenvalue weighted by Crippen LogP contribution is -2.25. The first-order valence-corrected chi connectivity index (χ1v) is 7.01. The summed E-state index contributed by atoms with van der Waals surface area (Å²) in [5, 5.41) is 11.6. The van der Waals surface area contributed by atoms with E-state index in [2.05, 4.69) is 5.16 Å². The number of carbonyl (C=O) groups excluding carboxylic acids is 1. The maximum absolute atomic E-state index is 11.8. The minimum Gasteiger partial charge on any atom is -0.493 e. The van der Waals surface area contributed by atoms with Crippen LogP contribution in [0, 0.1) is 0 Å². The minimum absolute atomic E-state index is 0.242. The first kappa shape index (κ1) is 16.1. The molecule has 1 aliphatic rings. The Hall–Kier alpha value is -2.28. The number of nitrogens with zero attached hydrogens (tertiary/aromatic N) is 2. The molecule has 2 rings (SSSR count). The van der Waals surface area contributed by atoms with E-state index in [-0.39, 0.29) is 12.2 Å². The third kappa shape index (κ3) is 4.11. The summed E-state index contributed by atoms with van der Waals surface area (Å²) in [7, 11) is 1.58. The second-order valence-corrected chi connectivity index (χ2v) is 5.00. The van der Waals surface area contributed by atoms with E-state index in [1.807, 2.05) is 0 Å². The lowest BCUT2D eigenvalue weighted by Gasteiger charge is -2.13. The topological polar surface area (TPSA) is 80.6 Å². The van der Waals surface area contributed by atoms with Gasteiger partial charge in [-0.1, -0.05) is 5.16 Å². The van der Waals surface area contributed by atoms with Crippen molar-refractivity contribution in [3.8, 4) is 5.75 Å². The van der Waals surface area contributed by atoms with Gasteiger partial charge in [-0.3, -0.25) is 4.90 Å². The van der Waals surface area contributed by atoms with Crippen LogP contribution in [-0.4, -0.2) is 50.0 Å². The molecule has 22 heavy (non-hydrogen) atoms. The molecule has 1 saturated heterocycles. The van der Waals surface area contributed by atoms with Crippen molar-refractivity contribution in [1.82, 2.24) is 0 Å². The van der Waals surface area contributed by atoms with Gasteiger partial charge in [-0.2, -0.15) is 0 Å². The number of rotatable bonds is 7. The van der Waals surface area contributed by atoms with E-state index < -0.39 is 0 Å². The van der Waals surface area contributed by atoms with Gasteiger partial charge in [0.05, 0.1) is 25.5 Å². The summed E-state index contributed by atoms with van der Waals surface area (Å²) >= 11 is 0. The minimum atomic E-state index is -0.370. The van der Waals surface area contributed by atoms with Crippen LogP contribution in [0.15, 0.2) is 29.4 Å². The summed E-state index contributed by atoms with van der Waals surface area (Å²) < 4.78 is 15.7. The molecule has 7 heteroatoms. The number of ether oxygens (including phenoxy) is 3. The highest BCUT2D eigenvalue weighted by molar-refractivity contribution is 5.89. The van der Waals surface area contributed by atoms with Gasteiger partial charge in [-0.05, 0) is 31.2 Å². The van der Waals surface area contributed by atoms with Gasteiger partial charge in [0, 0.05) is 19.2 Å². The predicted molar refractivity (Wildman–Crippen MR) is 80.9 cm³/mol. The first-order chi connectivity index (χ1) is 10.6. The third-order valence-corrected chi connectivity index (χ3v) is 3.28. The summed E-state index contributed by atoms with van der Waals surface area (Å²) in [5.41, 5.74) is 1.37. The molecule has 0 radical (unpaired) electrons. The molecule has 1 N–H and O–H groups in total. The number of methoxy groups -OCH3 is 1. The molecule has 0 aliphatic carbocycles. The highest BCUT2D eigenvalue weighted by atomic mass is 16.6. The number of hydrogen-bond acceptors (Lipinski definition) is 6. The van der Waals surface area contributed by atoms with E-state index >= 15 is 0 Å². The molecule has 0 saturated carbocycles. The third-order valence-electron chi connectivity index (χ3n) is 3.28. The van der Waals surface area contributed by atoms with E-state index in [9.17, 15) is 4.79 Å². The molecule has 1 heterocycles. The Kier molecular flexibility index (Phi) is 5.60. The highest BCUT2D eigenvalue weighted by Crippen LogP contribution is 2.24. The lowest BCUT2D eigenvalue weighted by molar-refractivity contribution is 0.0718. The van der Waals surface area contributed by atoms with Gasteiger partial charge >= 0.3 is 6.09 Å². The van der Waals surface area contributed by atoms with Crippen LogP contribution in [-0.2, 0) is 9.47 Å². The molecule has 7 nitrogen and oxygen atoms in total. The smallest absolute Gasteiger partial charge is 0.414 e. The summed E-state index contributed by atoms with van der Waals surface area (Å²) in [6, 6.07) is 7.19. The van der Waals surface area contributed by atoms with Crippen LogP contribution >= 0.6 is 0 Å². The van der Waals surface area contributed by atoms with Crippen molar-refractivity contribution < 1.29 is 24.2 Å². The number of amides is 1. The van der Waals surface area contributed by atoms with Gasteiger partial charge < -0.3 is 19.4 Å². The zero-order chi connectivity index (χ0) is 15.9. The molecule has 0 aromatic heterocycles. The van der Waals surface area contributed by atoms with Crippen LogP contribution in [0.5, 0.6) is 5.75 Å². The van der Waals surface area contributed by atoms with E-state index in [1.165, 1.54) is 0 Å². The van der Waals surface area contributed by atoms with Gasteiger partial charge in [0.25, 0.3) is 0 Å². The molecular weight excluding hydrogens is 288 g/mol. The van der Waals surface area contributed by atoms with Crippen LogP contribution < -0.4 is 9.64 Å². The predicted octanol–water partition coefficient (Wildman–Crippen LogP) is 2.28. The molecule has 1 amide bonds. The Bertz CT molecular complexity index is 529. The summed E-state index contributed by atoms with van der Waals surface area (Å²) in [4.78, 5) is 13.4. The monoisotopic (exact) mass is 308 g/mol. The van der Waals surface area contributed by atoms with Crippen LogP contribution in [0.1, 0.15) is 13.3 Å². The van der Waals surface area contributed by atoms with Crippen molar-refractivity contribution in [3.63, 3.8) is 0 Å². The molecule has 0 bridgehead atoms. The molecule has 120 valence electrons.